The molecule has 2 N–H and O–H groups in total. The van der Waals surface area contributed by atoms with Crippen LogP contribution in [0.1, 0.15) is 37.7 Å². The molecule has 88 valence electrons. The molecule has 1 saturated carbocycles. The Labute approximate surface area is 96.9 Å². The van der Waals surface area contributed by atoms with Gasteiger partial charge in [-0.3, -0.25) is 0 Å². The second kappa shape index (κ2) is 4.98. The second-order valence-electron chi connectivity index (χ2n) is 4.85. The van der Waals surface area contributed by atoms with Gasteiger partial charge in [0.05, 0.1) is 0 Å². The normalized spacial score (nSPS) is 17.9. The maximum Gasteiger partial charge on any atom is 0.165 e. The van der Waals surface area contributed by atoms with Crippen molar-refractivity contribution in [2.24, 2.45) is 5.92 Å². The van der Waals surface area contributed by atoms with Crippen LogP contribution in [0.15, 0.2) is 30.3 Å². The predicted octanol–water partition coefficient (Wildman–Crippen LogP) is 2.49. The van der Waals surface area contributed by atoms with Crippen molar-refractivity contribution in [2.45, 2.75) is 44.3 Å². The minimum Gasteiger partial charge on any atom is -0.365 e. The molecule has 1 aromatic rings. The van der Waals surface area contributed by atoms with Crippen molar-refractivity contribution in [3.05, 3.63) is 35.9 Å². The average molecular weight is 220 g/mol. The van der Waals surface area contributed by atoms with Crippen molar-refractivity contribution >= 4 is 0 Å². The lowest BCUT2D eigenvalue weighted by Gasteiger charge is -2.28. The van der Waals surface area contributed by atoms with Gasteiger partial charge >= 0.3 is 0 Å². The summed E-state index contributed by atoms with van der Waals surface area (Å²) in [6.07, 6.45) is 5.38. The van der Waals surface area contributed by atoms with Crippen molar-refractivity contribution < 1.29 is 10.2 Å². The van der Waals surface area contributed by atoms with Crippen LogP contribution in [0, 0.1) is 5.92 Å². The van der Waals surface area contributed by atoms with Gasteiger partial charge in [0.15, 0.2) is 5.79 Å². The van der Waals surface area contributed by atoms with E-state index in [1.807, 2.05) is 30.3 Å². The Kier molecular flexibility index (Phi) is 3.62. The molecule has 0 radical (unpaired) electrons. The molecule has 0 atom stereocenters. The van der Waals surface area contributed by atoms with E-state index in [4.69, 9.17) is 0 Å². The Morgan fingerprint density at radius 1 is 1.06 bits per heavy atom. The zero-order chi connectivity index (χ0) is 11.4. The van der Waals surface area contributed by atoms with Crippen LogP contribution >= 0.6 is 0 Å². The first-order chi connectivity index (χ1) is 7.68. The van der Waals surface area contributed by atoms with Crippen LogP contribution in [-0.4, -0.2) is 16.0 Å². The molecule has 1 aliphatic carbocycles. The van der Waals surface area contributed by atoms with Gasteiger partial charge < -0.3 is 10.2 Å². The molecule has 2 heteroatoms. The number of benzene rings is 1. The minimum absolute atomic E-state index is 0.0798. The van der Waals surface area contributed by atoms with Crippen LogP contribution in [0.25, 0.3) is 0 Å². The Balaban J connectivity index is 1.89. The Bertz CT molecular complexity index is 313. The van der Waals surface area contributed by atoms with Crippen molar-refractivity contribution in [2.75, 3.05) is 0 Å². The molecule has 0 heterocycles. The maximum atomic E-state index is 10.0. The average Bonchev–Trinajstić information content (AvgIpc) is 2.82. The largest absolute Gasteiger partial charge is 0.365 e. The van der Waals surface area contributed by atoms with Gasteiger partial charge in [-0.15, -0.1) is 0 Å². The standard InChI is InChI=1S/C14H20O2/c15-14(16,13-8-4-5-9-13)11-10-12-6-2-1-3-7-12/h1-3,6-7,13,15-16H,4-5,8-11H2. The van der Waals surface area contributed by atoms with Crippen LogP contribution < -0.4 is 0 Å². The van der Waals surface area contributed by atoms with Gasteiger partial charge in [-0.25, -0.2) is 0 Å². The van der Waals surface area contributed by atoms with E-state index in [1.165, 1.54) is 5.56 Å². The molecular formula is C14H20O2. The van der Waals surface area contributed by atoms with Gasteiger partial charge in [0.2, 0.25) is 0 Å². The number of hydrogen-bond acceptors (Lipinski definition) is 2. The molecule has 0 unspecified atom stereocenters. The van der Waals surface area contributed by atoms with Gasteiger partial charge in [-0.1, -0.05) is 43.2 Å². The third kappa shape index (κ3) is 2.83. The molecule has 0 aromatic heterocycles. The molecule has 2 rings (SSSR count). The summed E-state index contributed by atoms with van der Waals surface area (Å²) in [5.74, 6) is -1.39. The van der Waals surface area contributed by atoms with Crippen LogP contribution in [0.2, 0.25) is 0 Å². The third-order valence-corrected chi connectivity index (χ3v) is 3.63. The summed E-state index contributed by atoms with van der Waals surface area (Å²) in [5.41, 5.74) is 1.17. The Hall–Kier alpha value is -0.860. The van der Waals surface area contributed by atoms with Crippen LogP contribution in [0.5, 0.6) is 0 Å². The quantitative estimate of drug-likeness (QED) is 0.765. The van der Waals surface area contributed by atoms with Crippen molar-refractivity contribution in [3.63, 3.8) is 0 Å². The summed E-state index contributed by atoms with van der Waals surface area (Å²) >= 11 is 0. The lowest BCUT2D eigenvalue weighted by Crippen LogP contribution is -2.36. The summed E-state index contributed by atoms with van der Waals surface area (Å²) in [7, 11) is 0. The molecule has 1 aromatic carbocycles. The number of hydrogen-bond donors (Lipinski definition) is 2. The van der Waals surface area contributed by atoms with E-state index < -0.39 is 5.79 Å². The van der Waals surface area contributed by atoms with Crippen LogP contribution in [0.4, 0.5) is 0 Å². The van der Waals surface area contributed by atoms with Crippen molar-refractivity contribution in [3.8, 4) is 0 Å². The number of rotatable bonds is 4. The Morgan fingerprint density at radius 2 is 1.69 bits per heavy atom. The summed E-state index contributed by atoms with van der Waals surface area (Å²) in [6, 6.07) is 10.0. The first-order valence-corrected chi connectivity index (χ1v) is 6.17. The van der Waals surface area contributed by atoms with E-state index in [2.05, 4.69) is 0 Å². The van der Waals surface area contributed by atoms with Crippen LogP contribution in [0.3, 0.4) is 0 Å². The summed E-state index contributed by atoms with van der Waals surface area (Å²) in [5, 5.41) is 20.1. The maximum absolute atomic E-state index is 10.0. The smallest absolute Gasteiger partial charge is 0.165 e. The highest BCUT2D eigenvalue weighted by molar-refractivity contribution is 5.14. The monoisotopic (exact) mass is 220 g/mol. The van der Waals surface area contributed by atoms with E-state index in [1.54, 1.807) is 0 Å². The first-order valence-electron chi connectivity index (χ1n) is 6.17. The molecule has 2 nitrogen and oxygen atoms in total. The van der Waals surface area contributed by atoms with E-state index >= 15 is 0 Å². The minimum atomic E-state index is -1.47. The van der Waals surface area contributed by atoms with E-state index in [0.29, 0.717) is 6.42 Å². The molecule has 0 bridgehead atoms. The molecule has 0 amide bonds. The Morgan fingerprint density at radius 3 is 2.31 bits per heavy atom. The lowest BCUT2D eigenvalue weighted by atomic mass is 9.91. The molecule has 0 aliphatic heterocycles. The van der Waals surface area contributed by atoms with Gasteiger partial charge in [-0.05, 0) is 24.8 Å². The molecule has 1 aliphatic rings. The molecule has 16 heavy (non-hydrogen) atoms. The zero-order valence-corrected chi connectivity index (χ0v) is 9.60. The summed E-state index contributed by atoms with van der Waals surface area (Å²) < 4.78 is 0. The zero-order valence-electron chi connectivity index (χ0n) is 9.60. The van der Waals surface area contributed by atoms with Crippen molar-refractivity contribution in [1.29, 1.82) is 0 Å². The summed E-state index contributed by atoms with van der Waals surface area (Å²) in [4.78, 5) is 0. The van der Waals surface area contributed by atoms with E-state index in [0.717, 1.165) is 32.1 Å². The topological polar surface area (TPSA) is 40.5 Å². The fourth-order valence-electron chi connectivity index (χ4n) is 2.57. The highest BCUT2D eigenvalue weighted by Gasteiger charge is 2.35. The fraction of sp³-hybridized carbons (Fsp3) is 0.571. The second-order valence-corrected chi connectivity index (χ2v) is 4.85. The van der Waals surface area contributed by atoms with E-state index in [-0.39, 0.29) is 5.92 Å². The SMILES string of the molecule is OC(O)(CCc1ccccc1)C1CCCC1. The van der Waals surface area contributed by atoms with Gasteiger partial charge in [-0.2, -0.15) is 0 Å². The predicted molar refractivity (Wildman–Crippen MR) is 63.9 cm³/mol. The van der Waals surface area contributed by atoms with Gasteiger partial charge in [0.25, 0.3) is 0 Å². The highest BCUT2D eigenvalue weighted by Crippen LogP contribution is 2.35. The lowest BCUT2D eigenvalue weighted by molar-refractivity contribution is -0.202. The number of aryl methyl sites for hydroxylation is 1. The van der Waals surface area contributed by atoms with Crippen LogP contribution in [-0.2, 0) is 6.42 Å². The van der Waals surface area contributed by atoms with Crippen molar-refractivity contribution in [1.82, 2.24) is 0 Å². The molecule has 0 saturated heterocycles. The third-order valence-electron chi connectivity index (χ3n) is 3.63. The van der Waals surface area contributed by atoms with Gasteiger partial charge in [0, 0.05) is 12.3 Å². The number of aliphatic hydroxyl groups is 2. The molecule has 0 spiro atoms. The molecular weight excluding hydrogens is 200 g/mol. The first kappa shape index (κ1) is 11.6. The molecule has 1 fully saturated rings. The fourth-order valence-corrected chi connectivity index (χ4v) is 2.57. The summed E-state index contributed by atoms with van der Waals surface area (Å²) in [6.45, 7) is 0. The highest BCUT2D eigenvalue weighted by atomic mass is 16.5. The van der Waals surface area contributed by atoms with E-state index in [9.17, 15) is 10.2 Å². The van der Waals surface area contributed by atoms with Gasteiger partial charge in [0.1, 0.15) is 0 Å².